The van der Waals surface area contributed by atoms with Crippen molar-refractivity contribution in [2.75, 3.05) is 13.1 Å². The molecule has 0 aliphatic carbocycles. The third-order valence-corrected chi connectivity index (χ3v) is 4.80. The molecular formula is C19H21N3O3. The number of aryl methyl sites for hydroxylation is 1. The Kier molecular flexibility index (Phi) is 4.79. The first-order valence-electron chi connectivity index (χ1n) is 8.45. The van der Waals surface area contributed by atoms with E-state index in [4.69, 9.17) is 0 Å². The van der Waals surface area contributed by atoms with Crippen molar-refractivity contribution >= 4 is 11.9 Å². The first-order valence-corrected chi connectivity index (χ1v) is 8.45. The fraction of sp³-hybridized carbons (Fsp3) is 0.368. The summed E-state index contributed by atoms with van der Waals surface area (Å²) in [5.41, 5.74) is 0.863. The van der Waals surface area contributed by atoms with Crippen LogP contribution in [0.15, 0.2) is 42.9 Å². The second-order valence-electron chi connectivity index (χ2n) is 6.36. The van der Waals surface area contributed by atoms with Crippen LogP contribution in [-0.2, 0) is 16.6 Å². The fourth-order valence-electron chi connectivity index (χ4n) is 3.41. The van der Waals surface area contributed by atoms with Gasteiger partial charge in [0.05, 0.1) is 11.3 Å². The minimum Gasteiger partial charge on any atom is -0.481 e. The molecular weight excluding hydrogens is 318 g/mol. The van der Waals surface area contributed by atoms with Crippen molar-refractivity contribution in [3.8, 4) is 0 Å². The number of carbonyl (C=O) groups excluding carboxylic acids is 1. The zero-order valence-corrected chi connectivity index (χ0v) is 14.2. The number of aromatic nitrogens is 2. The van der Waals surface area contributed by atoms with Crippen LogP contribution < -0.4 is 0 Å². The summed E-state index contributed by atoms with van der Waals surface area (Å²) in [6.07, 6.45) is 4.94. The molecule has 1 N–H and O–H groups in total. The lowest BCUT2D eigenvalue weighted by atomic mass is 9.80. The largest absolute Gasteiger partial charge is 0.481 e. The predicted molar refractivity (Wildman–Crippen MR) is 92.3 cm³/mol. The van der Waals surface area contributed by atoms with E-state index in [1.165, 1.54) is 12.5 Å². The molecule has 1 aliphatic heterocycles. The van der Waals surface area contributed by atoms with Crippen LogP contribution in [0.5, 0.6) is 0 Å². The molecule has 1 atom stereocenters. The standard InChI is InChI=1S/C19H21N3O3/c1-2-6-16-15(11-20-13-21-16)17(23)22-10-9-19(12-22,18(24)25)14-7-4-3-5-8-14/h3-5,7-8,11,13H,2,6,9-10,12H2,1H3,(H,24,25). The quantitative estimate of drug-likeness (QED) is 0.904. The molecule has 6 nitrogen and oxygen atoms in total. The molecule has 1 aliphatic rings. The van der Waals surface area contributed by atoms with Gasteiger partial charge in [0.15, 0.2) is 0 Å². The molecule has 1 fully saturated rings. The maximum Gasteiger partial charge on any atom is 0.316 e. The summed E-state index contributed by atoms with van der Waals surface area (Å²) >= 11 is 0. The number of hydrogen-bond donors (Lipinski definition) is 1. The van der Waals surface area contributed by atoms with Crippen LogP contribution >= 0.6 is 0 Å². The Labute approximate surface area is 146 Å². The van der Waals surface area contributed by atoms with Gasteiger partial charge in [-0.05, 0) is 18.4 Å². The Morgan fingerprint density at radius 3 is 2.72 bits per heavy atom. The summed E-state index contributed by atoms with van der Waals surface area (Å²) in [6, 6.07) is 9.14. The summed E-state index contributed by atoms with van der Waals surface area (Å²) in [4.78, 5) is 34.8. The van der Waals surface area contributed by atoms with Gasteiger partial charge in [0.2, 0.25) is 0 Å². The van der Waals surface area contributed by atoms with E-state index in [2.05, 4.69) is 9.97 Å². The summed E-state index contributed by atoms with van der Waals surface area (Å²) < 4.78 is 0. The Morgan fingerprint density at radius 1 is 1.28 bits per heavy atom. The number of carboxylic acids is 1. The highest BCUT2D eigenvalue weighted by Gasteiger charge is 2.47. The minimum atomic E-state index is -1.06. The number of benzene rings is 1. The molecule has 2 heterocycles. The number of amides is 1. The molecule has 0 radical (unpaired) electrons. The van der Waals surface area contributed by atoms with Crippen molar-refractivity contribution in [3.05, 3.63) is 59.7 Å². The molecule has 1 amide bonds. The van der Waals surface area contributed by atoms with Gasteiger partial charge in [-0.1, -0.05) is 43.7 Å². The van der Waals surface area contributed by atoms with Crippen LogP contribution in [0, 0.1) is 0 Å². The highest BCUT2D eigenvalue weighted by molar-refractivity contribution is 5.96. The van der Waals surface area contributed by atoms with Crippen LogP contribution in [0.2, 0.25) is 0 Å². The van der Waals surface area contributed by atoms with E-state index in [0.29, 0.717) is 24.9 Å². The molecule has 6 heteroatoms. The number of carboxylic acid groups (broad SMARTS) is 1. The lowest BCUT2D eigenvalue weighted by Crippen LogP contribution is -2.40. The Bertz CT molecular complexity index is 778. The molecule has 0 spiro atoms. The fourth-order valence-corrected chi connectivity index (χ4v) is 3.41. The zero-order chi connectivity index (χ0) is 17.9. The highest BCUT2D eigenvalue weighted by atomic mass is 16.4. The molecule has 130 valence electrons. The summed E-state index contributed by atoms with van der Waals surface area (Å²) in [5, 5.41) is 9.86. The normalized spacial score (nSPS) is 19.8. The number of nitrogens with zero attached hydrogens (tertiary/aromatic N) is 3. The molecule has 3 rings (SSSR count). The van der Waals surface area contributed by atoms with E-state index in [9.17, 15) is 14.7 Å². The van der Waals surface area contributed by atoms with Crippen LogP contribution in [-0.4, -0.2) is 44.9 Å². The van der Waals surface area contributed by atoms with E-state index in [-0.39, 0.29) is 12.5 Å². The third kappa shape index (κ3) is 3.12. The molecule has 0 saturated carbocycles. The number of carbonyl (C=O) groups is 2. The van der Waals surface area contributed by atoms with Crippen molar-refractivity contribution < 1.29 is 14.7 Å². The molecule has 1 aromatic carbocycles. The van der Waals surface area contributed by atoms with Crippen LogP contribution in [0.3, 0.4) is 0 Å². The van der Waals surface area contributed by atoms with Gasteiger partial charge >= 0.3 is 5.97 Å². The first kappa shape index (κ1) is 17.1. The molecule has 2 aromatic rings. The van der Waals surface area contributed by atoms with Crippen LogP contribution in [0.4, 0.5) is 0 Å². The average Bonchev–Trinajstić information content (AvgIpc) is 3.09. The van der Waals surface area contributed by atoms with Crippen molar-refractivity contribution in [1.29, 1.82) is 0 Å². The summed E-state index contributed by atoms with van der Waals surface area (Å²) in [5.74, 6) is -1.09. The van der Waals surface area contributed by atoms with Crippen LogP contribution in [0.1, 0.15) is 41.4 Å². The lowest BCUT2D eigenvalue weighted by Gasteiger charge is -2.25. The SMILES string of the molecule is CCCc1ncncc1C(=O)N1CCC(C(=O)O)(c2ccccc2)C1. The van der Waals surface area contributed by atoms with Crippen molar-refractivity contribution in [2.45, 2.75) is 31.6 Å². The molecule has 0 bridgehead atoms. The minimum absolute atomic E-state index is 0.158. The van der Waals surface area contributed by atoms with Gasteiger partial charge in [0.25, 0.3) is 5.91 Å². The molecule has 1 unspecified atom stereocenters. The number of aliphatic carboxylic acids is 1. The smallest absolute Gasteiger partial charge is 0.316 e. The third-order valence-electron chi connectivity index (χ3n) is 4.80. The van der Waals surface area contributed by atoms with Gasteiger partial charge in [0.1, 0.15) is 11.7 Å². The predicted octanol–water partition coefficient (Wildman–Crippen LogP) is 2.30. The van der Waals surface area contributed by atoms with Gasteiger partial charge < -0.3 is 10.0 Å². The average molecular weight is 339 g/mol. The van der Waals surface area contributed by atoms with Crippen molar-refractivity contribution in [2.24, 2.45) is 0 Å². The van der Waals surface area contributed by atoms with E-state index in [1.54, 1.807) is 4.90 Å². The molecule has 1 saturated heterocycles. The van der Waals surface area contributed by atoms with Crippen molar-refractivity contribution in [3.63, 3.8) is 0 Å². The highest BCUT2D eigenvalue weighted by Crippen LogP contribution is 2.35. The van der Waals surface area contributed by atoms with Gasteiger partial charge in [-0.25, -0.2) is 9.97 Å². The topological polar surface area (TPSA) is 83.4 Å². The van der Waals surface area contributed by atoms with E-state index < -0.39 is 11.4 Å². The Balaban J connectivity index is 1.89. The zero-order valence-electron chi connectivity index (χ0n) is 14.2. The Morgan fingerprint density at radius 2 is 2.04 bits per heavy atom. The van der Waals surface area contributed by atoms with Gasteiger partial charge in [-0.15, -0.1) is 0 Å². The van der Waals surface area contributed by atoms with E-state index >= 15 is 0 Å². The van der Waals surface area contributed by atoms with Crippen molar-refractivity contribution in [1.82, 2.24) is 14.9 Å². The van der Waals surface area contributed by atoms with E-state index in [0.717, 1.165) is 17.7 Å². The van der Waals surface area contributed by atoms with Gasteiger partial charge in [-0.2, -0.15) is 0 Å². The second kappa shape index (κ2) is 7.01. The number of hydrogen-bond acceptors (Lipinski definition) is 4. The molecule has 1 aromatic heterocycles. The summed E-state index contributed by atoms with van der Waals surface area (Å²) in [6.45, 7) is 2.59. The maximum absolute atomic E-state index is 12.9. The van der Waals surface area contributed by atoms with Crippen LogP contribution in [0.25, 0.3) is 0 Å². The number of likely N-dealkylation sites (tertiary alicyclic amines) is 1. The second-order valence-corrected chi connectivity index (χ2v) is 6.36. The van der Waals surface area contributed by atoms with E-state index in [1.807, 2.05) is 37.3 Å². The monoisotopic (exact) mass is 339 g/mol. The number of rotatable bonds is 5. The first-order chi connectivity index (χ1) is 12.1. The maximum atomic E-state index is 12.9. The van der Waals surface area contributed by atoms with Gasteiger partial charge in [0, 0.05) is 19.3 Å². The molecule has 25 heavy (non-hydrogen) atoms. The Hall–Kier alpha value is -2.76. The lowest BCUT2D eigenvalue weighted by molar-refractivity contribution is -0.143. The van der Waals surface area contributed by atoms with Gasteiger partial charge in [-0.3, -0.25) is 9.59 Å². The summed E-state index contributed by atoms with van der Waals surface area (Å²) in [7, 11) is 0.